The smallest absolute Gasteiger partial charge is 0.410 e. The van der Waals surface area contributed by atoms with E-state index in [4.69, 9.17) is 27.8 Å². The summed E-state index contributed by atoms with van der Waals surface area (Å²) in [6.45, 7) is 8.29. The fourth-order valence-electron chi connectivity index (χ4n) is 4.76. The van der Waals surface area contributed by atoms with Gasteiger partial charge in [0.1, 0.15) is 5.60 Å². The fourth-order valence-corrected chi connectivity index (χ4v) is 4.89. The van der Waals surface area contributed by atoms with Crippen LogP contribution in [0.5, 0.6) is 0 Å². The number of guanidine groups is 1. The van der Waals surface area contributed by atoms with Crippen LogP contribution in [0, 0.1) is 5.92 Å². The number of aromatic nitrogens is 2. The maximum Gasteiger partial charge on any atom is 0.410 e. The van der Waals surface area contributed by atoms with E-state index in [0.717, 1.165) is 0 Å². The standard InChI is InChI=1S/C23H34ClN9O4/c1-22(2,3)37-21(36)33-8-4-13(5-9-33)19(35)32-10-6-23(7-11-32)12-27-20(31-23)30-18(34)14-16(25)29-17(26)15(24)28-14/h13H,4-12H2,1-3H3,(H4,25,26,29)(H2,27,30,31,34). The number of hydrogen-bond acceptors (Lipinski definition) is 8. The topological polar surface area (TPSA) is 181 Å². The molecule has 0 bridgehead atoms. The van der Waals surface area contributed by atoms with Crippen molar-refractivity contribution in [1.29, 1.82) is 0 Å². The second-order valence-corrected chi connectivity index (χ2v) is 11.1. The van der Waals surface area contributed by atoms with E-state index < -0.39 is 11.5 Å². The molecule has 13 nitrogen and oxygen atoms in total. The summed E-state index contributed by atoms with van der Waals surface area (Å²) >= 11 is 5.86. The quantitative estimate of drug-likeness (QED) is 0.426. The van der Waals surface area contributed by atoms with Crippen molar-refractivity contribution in [2.75, 3.05) is 44.2 Å². The van der Waals surface area contributed by atoms with Crippen LogP contribution in [0.3, 0.4) is 0 Å². The van der Waals surface area contributed by atoms with Gasteiger partial charge in [-0.05, 0) is 46.5 Å². The van der Waals surface area contributed by atoms with Crippen molar-refractivity contribution in [3.8, 4) is 0 Å². The molecule has 1 aromatic heterocycles. The number of carbonyl (C=O) groups is 3. The summed E-state index contributed by atoms with van der Waals surface area (Å²) in [6, 6.07) is 0. The van der Waals surface area contributed by atoms with Gasteiger partial charge in [0.2, 0.25) is 5.91 Å². The van der Waals surface area contributed by atoms with Crippen LogP contribution in [0.15, 0.2) is 4.99 Å². The van der Waals surface area contributed by atoms with Crippen molar-refractivity contribution in [3.63, 3.8) is 0 Å². The van der Waals surface area contributed by atoms with Gasteiger partial charge in [0.25, 0.3) is 0 Å². The van der Waals surface area contributed by atoms with Crippen molar-refractivity contribution in [3.05, 3.63) is 10.8 Å². The summed E-state index contributed by atoms with van der Waals surface area (Å²) in [5.74, 6) is -0.557. The van der Waals surface area contributed by atoms with E-state index in [1.54, 1.807) is 4.90 Å². The summed E-state index contributed by atoms with van der Waals surface area (Å²) in [5.41, 5.74) is 10.3. The number of likely N-dealkylation sites (tertiary alicyclic amines) is 2. The lowest BCUT2D eigenvalue weighted by molar-refractivity contribution is -0.138. The first-order valence-corrected chi connectivity index (χ1v) is 12.7. The number of carbonyl (C=O) groups excluding carboxylic acids is 3. The molecule has 37 heavy (non-hydrogen) atoms. The van der Waals surface area contributed by atoms with Crippen LogP contribution in [-0.4, -0.2) is 87.5 Å². The van der Waals surface area contributed by atoms with Gasteiger partial charge in [-0.2, -0.15) is 4.99 Å². The normalized spacial score (nSPS) is 21.0. The van der Waals surface area contributed by atoms with Crippen molar-refractivity contribution >= 4 is 47.1 Å². The van der Waals surface area contributed by atoms with Gasteiger partial charge in [0, 0.05) is 38.6 Å². The van der Waals surface area contributed by atoms with E-state index in [2.05, 4.69) is 25.6 Å². The third kappa shape index (κ3) is 6.14. The number of aliphatic imine (C=N–C) groups is 1. The Hall–Kier alpha value is -3.35. The van der Waals surface area contributed by atoms with E-state index in [9.17, 15) is 14.4 Å². The molecular weight excluding hydrogens is 502 g/mol. The molecule has 0 unspecified atom stereocenters. The Kier molecular flexibility index (Phi) is 7.36. The summed E-state index contributed by atoms with van der Waals surface area (Å²) in [4.78, 5) is 53.3. The molecule has 202 valence electrons. The van der Waals surface area contributed by atoms with Crippen LogP contribution < -0.4 is 22.1 Å². The predicted molar refractivity (Wildman–Crippen MR) is 138 cm³/mol. The molecule has 3 aliphatic rings. The minimum absolute atomic E-state index is 0.0608. The number of hydrogen-bond donors (Lipinski definition) is 4. The van der Waals surface area contributed by atoms with Crippen molar-refractivity contribution in [2.45, 2.75) is 57.6 Å². The Bertz CT molecular complexity index is 1100. The molecule has 3 saturated heterocycles. The van der Waals surface area contributed by atoms with Crippen LogP contribution >= 0.6 is 11.6 Å². The molecular formula is C23H34ClN9O4. The number of nitrogens with two attached hydrogens (primary N) is 2. The second kappa shape index (κ2) is 10.2. The Balaban J connectivity index is 1.28. The zero-order valence-corrected chi connectivity index (χ0v) is 22.1. The van der Waals surface area contributed by atoms with Gasteiger partial charge in [-0.1, -0.05) is 11.6 Å². The van der Waals surface area contributed by atoms with Gasteiger partial charge in [-0.15, -0.1) is 0 Å². The maximum atomic E-state index is 13.2. The lowest BCUT2D eigenvalue weighted by Crippen LogP contribution is -2.55. The SMILES string of the molecule is CC(C)(C)OC(=O)N1CCC(C(=O)N2CCC3(CC2)CN/C(=N\C(=O)c2nc(Cl)c(N)nc2N)N3)CC1. The first kappa shape index (κ1) is 26.7. The van der Waals surface area contributed by atoms with Crippen molar-refractivity contribution < 1.29 is 19.1 Å². The Labute approximate surface area is 220 Å². The van der Waals surface area contributed by atoms with Gasteiger partial charge in [-0.3, -0.25) is 9.59 Å². The molecule has 1 aromatic rings. The molecule has 0 radical (unpaired) electrons. The number of nitrogens with one attached hydrogen (secondary N) is 2. The Morgan fingerprint density at radius 2 is 1.70 bits per heavy atom. The molecule has 3 aliphatic heterocycles. The number of ether oxygens (including phenoxy) is 1. The van der Waals surface area contributed by atoms with Crippen LogP contribution in [-0.2, 0) is 9.53 Å². The molecule has 1 spiro atoms. The van der Waals surface area contributed by atoms with Gasteiger partial charge in [0.05, 0.1) is 5.54 Å². The fraction of sp³-hybridized carbons (Fsp3) is 0.652. The van der Waals surface area contributed by atoms with E-state index in [-0.39, 0.29) is 45.9 Å². The second-order valence-electron chi connectivity index (χ2n) is 10.7. The van der Waals surface area contributed by atoms with Gasteiger partial charge in [-0.25, -0.2) is 14.8 Å². The van der Waals surface area contributed by atoms with Gasteiger partial charge < -0.3 is 36.6 Å². The summed E-state index contributed by atoms with van der Waals surface area (Å²) < 4.78 is 5.44. The number of anilines is 2. The largest absolute Gasteiger partial charge is 0.444 e. The Morgan fingerprint density at radius 3 is 2.32 bits per heavy atom. The molecule has 3 fully saturated rings. The highest BCUT2D eigenvalue weighted by Crippen LogP contribution is 2.28. The number of nitrogen functional groups attached to an aromatic ring is 2. The molecule has 0 saturated carbocycles. The number of rotatable bonds is 2. The molecule has 3 amide bonds. The van der Waals surface area contributed by atoms with Gasteiger partial charge in [0.15, 0.2) is 28.4 Å². The molecule has 0 aromatic carbocycles. The zero-order valence-electron chi connectivity index (χ0n) is 21.3. The van der Waals surface area contributed by atoms with E-state index in [0.29, 0.717) is 64.4 Å². The first-order chi connectivity index (χ1) is 17.4. The minimum Gasteiger partial charge on any atom is -0.444 e. The van der Waals surface area contributed by atoms with Gasteiger partial charge >= 0.3 is 12.0 Å². The summed E-state index contributed by atoms with van der Waals surface area (Å²) in [5, 5.41) is 6.31. The van der Waals surface area contributed by atoms with Crippen LogP contribution in [0.25, 0.3) is 0 Å². The first-order valence-electron chi connectivity index (χ1n) is 12.4. The number of piperidine rings is 2. The van der Waals surface area contributed by atoms with E-state index in [1.165, 1.54) is 0 Å². The minimum atomic E-state index is -0.690. The lowest BCUT2D eigenvalue weighted by Gasteiger charge is -2.41. The molecule has 6 N–H and O–H groups in total. The molecule has 14 heteroatoms. The highest BCUT2D eigenvalue weighted by molar-refractivity contribution is 6.31. The highest BCUT2D eigenvalue weighted by Gasteiger charge is 2.42. The van der Waals surface area contributed by atoms with Crippen molar-refractivity contribution in [2.24, 2.45) is 10.9 Å². The third-order valence-electron chi connectivity index (χ3n) is 6.83. The monoisotopic (exact) mass is 535 g/mol. The molecule has 4 rings (SSSR count). The van der Waals surface area contributed by atoms with E-state index in [1.807, 2.05) is 25.7 Å². The number of halogens is 1. The lowest BCUT2D eigenvalue weighted by atomic mass is 9.87. The maximum absolute atomic E-state index is 13.2. The number of amides is 3. The van der Waals surface area contributed by atoms with E-state index >= 15 is 0 Å². The number of nitrogens with zero attached hydrogens (tertiary/aromatic N) is 5. The van der Waals surface area contributed by atoms with Crippen LogP contribution in [0.1, 0.15) is 56.9 Å². The van der Waals surface area contributed by atoms with Crippen LogP contribution in [0.4, 0.5) is 16.4 Å². The summed E-state index contributed by atoms with van der Waals surface area (Å²) in [6.07, 6.45) is 2.32. The van der Waals surface area contributed by atoms with Crippen molar-refractivity contribution in [1.82, 2.24) is 30.4 Å². The Morgan fingerprint density at radius 1 is 1.05 bits per heavy atom. The van der Waals surface area contributed by atoms with Crippen LogP contribution in [0.2, 0.25) is 5.15 Å². The average molecular weight is 536 g/mol. The highest BCUT2D eigenvalue weighted by atomic mass is 35.5. The molecule has 0 atom stereocenters. The predicted octanol–water partition coefficient (Wildman–Crippen LogP) is 0.992. The average Bonchev–Trinajstić information content (AvgIpc) is 3.22. The molecule has 4 heterocycles. The summed E-state index contributed by atoms with van der Waals surface area (Å²) in [7, 11) is 0. The third-order valence-corrected chi connectivity index (χ3v) is 7.10. The molecule has 0 aliphatic carbocycles. The zero-order chi connectivity index (χ0) is 27.0.